The SMILES string of the molecule is CC(Nc1cc2c(cc1Cl)OCCO2)C1CC2C=CC1C2. The van der Waals surface area contributed by atoms with Crippen LogP contribution in [0.1, 0.15) is 19.8 Å². The van der Waals surface area contributed by atoms with Gasteiger partial charge in [-0.25, -0.2) is 0 Å². The number of anilines is 1. The first kappa shape index (κ1) is 13.3. The summed E-state index contributed by atoms with van der Waals surface area (Å²) in [7, 11) is 0. The van der Waals surface area contributed by atoms with Gasteiger partial charge in [-0.2, -0.15) is 0 Å². The molecular formula is C17H20ClNO2. The predicted octanol–water partition coefficient (Wildman–Crippen LogP) is 4.12. The lowest BCUT2D eigenvalue weighted by molar-refractivity contribution is 0.171. The normalized spacial score (nSPS) is 30.5. The first-order valence-corrected chi connectivity index (χ1v) is 8.12. The van der Waals surface area contributed by atoms with Gasteiger partial charge in [0.15, 0.2) is 11.5 Å². The van der Waals surface area contributed by atoms with E-state index in [1.165, 1.54) is 12.8 Å². The van der Waals surface area contributed by atoms with Crippen LogP contribution in [0, 0.1) is 17.8 Å². The molecule has 1 saturated carbocycles. The Balaban J connectivity index is 1.52. The summed E-state index contributed by atoms with van der Waals surface area (Å²) in [6.07, 6.45) is 7.39. The third-order valence-electron chi connectivity index (χ3n) is 4.99. The van der Waals surface area contributed by atoms with Crippen molar-refractivity contribution in [1.29, 1.82) is 0 Å². The largest absolute Gasteiger partial charge is 0.486 e. The highest BCUT2D eigenvalue weighted by Gasteiger charge is 2.38. The van der Waals surface area contributed by atoms with Crippen molar-refractivity contribution in [3.05, 3.63) is 29.3 Å². The minimum atomic E-state index is 0.407. The Morgan fingerprint density at radius 1 is 1.14 bits per heavy atom. The van der Waals surface area contributed by atoms with E-state index >= 15 is 0 Å². The topological polar surface area (TPSA) is 30.5 Å². The molecule has 3 nitrogen and oxygen atoms in total. The summed E-state index contributed by atoms with van der Waals surface area (Å²) in [5, 5.41) is 4.28. The van der Waals surface area contributed by atoms with Crippen LogP contribution in [-0.4, -0.2) is 19.3 Å². The Bertz CT molecular complexity index is 586. The molecule has 1 aliphatic heterocycles. The highest BCUT2D eigenvalue weighted by Crippen LogP contribution is 2.46. The fraction of sp³-hybridized carbons (Fsp3) is 0.529. The molecule has 0 amide bonds. The third kappa shape index (κ3) is 2.38. The first-order chi connectivity index (χ1) is 10.2. The highest BCUT2D eigenvalue weighted by molar-refractivity contribution is 6.33. The molecule has 0 spiro atoms. The molecule has 1 N–H and O–H groups in total. The van der Waals surface area contributed by atoms with Gasteiger partial charge in [0.25, 0.3) is 0 Å². The van der Waals surface area contributed by atoms with Crippen molar-refractivity contribution in [2.24, 2.45) is 17.8 Å². The first-order valence-electron chi connectivity index (χ1n) is 7.74. The van der Waals surface area contributed by atoms with Gasteiger partial charge >= 0.3 is 0 Å². The molecule has 0 saturated heterocycles. The molecule has 1 heterocycles. The van der Waals surface area contributed by atoms with Crippen LogP contribution in [0.2, 0.25) is 5.02 Å². The molecule has 1 aromatic rings. The van der Waals surface area contributed by atoms with Crippen LogP contribution < -0.4 is 14.8 Å². The molecule has 112 valence electrons. The van der Waals surface area contributed by atoms with Gasteiger partial charge in [-0.15, -0.1) is 0 Å². The van der Waals surface area contributed by atoms with Gasteiger partial charge in [0.1, 0.15) is 13.2 Å². The van der Waals surface area contributed by atoms with Gasteiger partial charge in [0.2, 0.25) is 0 Å². The monoisotopic (exact) mass is 305 g/mol. The molecule has 4 unspecified atom stereocenters. The predicted molar refractivity (Wildman–Crippen MR) is 84.4 cm³/mol. The van der Waals surface area contributed by atoms with Crippen molar-refractivity contribution in [2.75, 3.05) is 18.5 Å². The summed E-state index contributed by atoms with van der Waals surface area (Å²) in [6.45, 7) is 3.44. The van der Waals surface area contributed by atoms with Crippen LogP contribution >= 0.6 is 11.6 Å². The van der Waals surface area contributed by atoms with Crippen molar-refractivity contribution >= 4 is 17.3 Å². The van der Waals surface area contributed by atoms with E-state index in [0.717, 1.165) is 29.0 Å². The van der Waals surface area contributed by atoms with Crippen LogP contribution in [0.4, 0.5) is 5.69 Å². The van der Waals surface area contributed by atoms with Gasteiger partial charge in [-0.05, 0) is 37.5 Å². The Morgan fingerprint density at radius 2 is 1.90 bits per heavy atom. The molecule has 1 fully saturated rings. The number of ether oxygens (including phenoxy) is 2. The molecular weight excluding hydrogens is 286 g/mol. The number of hydrogen-bond donors (Lipinski definition) is 1. The van der Waals surface area contributed by atoms with Gasteiger partial charge in [0.05, 0.1) is 10.7 Å². The van der Waals surface area contributed by atoms with Gasteiger partial charge in [-0.1, -0.05) is 23.8 Å². The molecule has 21 heavy (non-hydrogen) atoms. The van der Waals surface area contributed by atoms with E-state index < -0.39 is 0 Å². The minimum Gasteiger partial charge on any atom is -0.486 e. The number of nitrogens with one attached hydrogen (secondary N) is 1. The fourth-order valence-corrected chi connectivity index (χ4v) is 4.13. The summed E-state index contributed by atoms with van der Waals surface area (Å²) in [4.78, 5) is 0. The van der Waals surface area contributed by atoms with Gasteiger partial charge < -0.3 is 14.8 Å². The summed E-state index contributed by atoms with van der Waals surface area (Å²) in [5.74, 6) is 3.75. The third-order valence-corrected chi connectivity index (χ3v) is 5.30. The second-order valence-electron chi connectivity index (χ2n) is 6.35. The Hall–Kier alpha value is -1.35. The van der Waals surface area contributed by atoms with E-state index in [4.69, 9.17) is 21.1 Å². The van der Waals surface area contributed by atoms with Gasteiger partial charge in [-0.3, -0.25) is 0 Å². The average Bonchev–Trinajstić information content (AvgIpc) is 3.10. The second kappa shape index (κ2) is 5.13. The lowest BCUT2D eigenvalue weighted by atomic mass is 9.87. The highest BCUT2D eigenvalue weighted by atomic mass is 35.5. The van der Waals surface area contributed by atoms with Crippen LogP contribution in [-0.2, 0) is 0 Å². The van der Waals surface area contributed by atoms with E-state index in [1.807, 2.05) is 12.1 Å². The Kier molecular flexibility index (Phi) is 3.26. The van der Waals surface area contributed by atoms with Gasteiger partial charge in [0, 0.05) is 18.2 Å². The standard InChI is InChI=1S/C17H20ClNO2/c1-10(13-7-11-2-3-12(13)6-11)19-15-9-17-16(8-14(15)18)20-4-5-21-17/h2-3,8-13,19H,4-7H2,1H3. The van der Waals surface area contributed by atoms with E-state index in [2.05, 4.69) is 24.4 Å². The number of fused-ring (bicyclic) bond motifs is 3. The maximum atomic E-state index is 6.38. The van der Waals surface area contributed by atoms with E-state index in [9.17, 15) is 0 Å². The van der Waals surface area contributed by atoms with E-state index in [0.29, 0.717) is 30.2 Å². The van der Waals surface area contributed by atoms with Crippen LogP contribution in [0.25, 0.3) is 0 Å². The lowest BCUT2D eigenvalue weighted by Gasteiger charge is -2.28. The molecule has 0 aromatic heterocycles. The van der Waals surface area contributed by atoms with Crippen molar-refractivity contribution in [3.63, 3.8) is 0 Å². The molecule has 4 heteroatoms. The molecule has 1 aromatic carbocycles. The lowest BCUT2D eigenvalue weighted by Crippen LogP contribution is -2.29. The molecule has 2 bridgehead atoms. The van der Waals surface area contributed by atoms with Crippen molar-refractivity contribution in [3.8, 4) is 11.5 Å². The average molecular weight is 306 g/mol. The Morgan fingerprint density at radius 3 is 2.57 bits per heavy atom. The maximum absolute atomic E-state index is 6.38. The number of halogens is 1. The number of rotatable bonds is 3. The molecule has 4 rings (SSSR count). The fourth-order valence-electron chi connectivity index (χ4n) is 3.93. The zero-order valence-electron chi connectivity index (χ0n) is 12.1. The minimum absolute atomic E-state index is 0.407. The summed E-state index contributed by atoms with van der Waals surface area (Å²) < 4.78 is 11.2. The van der Waals surface area contributed by atoms with E-state index in [-0.39, 0.29) is 0 Å². The van der Waals surface area contributed by atoms with Crippen LogP contribution in [0.15, 0.2) is 24.3 Å². The quantitative estimate of drug-likeness (QED) is 0.852. The van der Waals surface area contributed by atoms with Crippen molar-refractivity contribution in [1.82, 2.24) is 0 Å². The smallest absolute Gasteiger partial charge is 0.163 e. The zero-order chi connectivity index (χ0) is 14.4. The second-order valence-corrected chi connectivity index (χ2v) is 6.76. The molecule has 3 aliphatic rings. The maximum Gasteiger partial charge on any atom is 0.163 e. The summed E-state index contributed by atoms with van der Waals surface area (Å²) >= 11 is 6.38. The summed E-state index contributed by atoms with van der Waals surface area (Å²) in [5.41, 5.74) is 0.945. The number of allylic oxidation sites excluding steroid dienone is 2. The molecule has 0 radical (unpaired) electrons. The zero-order valence-corrected chi connectivity index (χ0v) is 12.9. The molecule has 4 atom stereocenters. The Labute approximate surface area is 130 Å². The number of benzene rings is 1. The van der Waals surface area contributed by atoms with Crippen molar-refractivity contribution in [2.45, 2.75) is 25.8 Å². The van der Waals surface area contributed by atoms with E-state index in [1.54, 1.807) is 0 Å². The number of hydrogen-bond acceptors (Lipinski definition) is 3. The van der Waals surface area contributed by atoms with Crippen LogP contribution in [0.5, 0.6) is 11.5 Å². The molecule has 2 aliphatic carbocycles. The summed E-state index contributed by atoms with van der Waals surface area (Å²) in [6, 6.07) is 4.23. The van der Waals surface area contributed by atoms with Crippen LogP contribution in [0.3, 0.4) is 0 Å². The van der Waals surface area contributed by atoms with Crippen molar-refractivity contribution < 1.29 is 9.47 Å².